The van der Waals surface area contributed by atoms with Crippen molar-refractivity contribution in [2.24, 2.45) is 0 Å². The molecule has 0 spiro atoms. The van der Waals surface area contributed by atoms with Gasteiger partial charge in [0.25, 0.3) is 5.56 Å². The first-order chi connectivity index (χ1) is 6.20. The maximum atomic E-state index is 11.0. The summed E-state index contributed by atoms with van der Waals surface area (Å²) in [6.45, 7) is 0.190. The Morgan fingerprint density at radius 2 is 2.46 bits per heavy atom. The molecule has 13 heavy (non-hydrogen) atoms. The van der Waals surface area contributed by atoms with Crippen molar-refractivity contribution in [1.29, 1.82) is 0 Å². The average Bonchev–Trinajstić information content (AvgIpc) is 2.08. The Bertz CT molecular complexity index is 347. The van der Waals surface area contributed by atoms with E-state index in [1.165, 1.54) is 12.4 Å². The van der Waals surface area contributed by atoms with E-state index in [2.05, 4.69) is 15.3 Å². The fourth-order valence-corrected chi connectivity index (χ4v) is 0.766. The summed E-state index contributed by atoms with van der Waals surface area (Å²) in [4.78, 5) is 27.2. The molecule has 0 unspecified atom stereocenters. The molecule has 0 radical (unpaired) electrons. The largest absolute Gasteiger partial charge is 0.481 e. The normalized spacial score (nSPS) is 9.54. The van der Waals surface area contributed by atoms with Crippen LogP contribution in [0.2, 0.25) is 0 Å². The molecule has 6 heteroatoms. The Balaban J connectivity index is 2.50. The first-order valence-corrected chi connectivity index (χ1v) is 3.69. The Morgan fingerprint density at radius 1 is 1.69 bits per heavy atom. The van der Waals surface area contributed by atoms with Crippen molar-refractivity contribution >= 4 is 11.8 Å². The van der Waals surface area contributed by atoms with E-state index in [0.29, 0.717) is 0 Å². The van der Waals surface area contributed by atoms with Crippen molar-refractivity contribution in [1.82, 2.24) is 9.97 Å². The number of nitrogens with one attached hydrogen (secondary N) is 2. The minimum atomic E-state index is -0.917. The number of aliphatic carboxylic acids is 1. The standard InChI is InChI=1S/C7H9N3O3/c11-5(12)1-2-8-6-7(13)10-4-3-9-6/h3-4H,1-2H2,(H,8,9)(H,10,13)(H,11,12). The van der Waals surface area contributed by atoms with Gasteiger partial charge in [0.1, 0.15) is 0 Å². The van der Waals surface area contributed by atoms with Gasteiger partial charge in [0.05, 0.1) is 6.42 Å². The lowest BCUT2D eigenvalue weighted by atomic mass is 10.4. The van der Waals surface area contributed by atoms with E-state index >= 15 is 0 Å². The highest BCUT2D eigenvalue weighted by molar-refractivity contribution is 5.67. The van der Waals surface area contributed by atoms with Gasteiger partial charge in [-0.15, -0.1) is 0 Å². The predicted molar refractivity (Wildman–Crippen MR) is 45.6 cm³/mol. The maximum absolute atomic E-state index is 11.0. The first kappa shape index (κ1) is 9.24. The second-order valence-electron chi connectivity index (χ2n) is 2.34. The number of carboxylic acids is 1. The molecule has 3 N–H and O–H groups in total. The van der Waals surface area contributed by atoms with Crippen molar-refractivity contribution in [2.75, 3.05) is 11.9 Å². The van der Waals surface area contributed by atoms with Crippen LogP contribution >= 0.6 is 0 Å². The van der Waals surface area contributed by atoms with Crippen molar-refractivity contribution in [2.45, 2.75) is 6.42 Å². The highest BCUT2D eigenvalue weighted by Crippen LogP contribution is 1.89. The number of carboxylic acid groups (broad SMARTS) is 1. The minimum Gasteiger partial charge on any atom is -0.481 e. The molecule has 0 aromatic carbocycles. The molecule has 0 amide bonds. The topological polar surface area (TPSA) is 95.1 Å². The summed E-state index contributed by atoms with van der Waals surface area (Å²) in [7, 11) is 0. The van der Waals surface area contributed by atoms with Gasteiger partial charge < -0.3 is 15.4 Å². The Hall–Kier alpha value is -1.85. The number of aromatic nitrogens is 2. The van der Waals surface area contributed by atoms with Gasteiger partial charge in [-0.25, -0.2) is 4.98 Å². The average molecular weight is 183 g/mol. The van der Waals surface area contributed by atoms with E-state index in [1.807, 2.05) is 0 Å². The van der Waals surface area contributed by atoms with Gasteiger partial charge in [-0.2, -0.15) is 0 Å². The fraction of sp³-hybridized carbons (Fsp3) is 0.286. The zero-order valence-electron chi connectivity index (χ0n) is 6.78. The second-order valence-corrected chi connectivity index (χ2v) is 2.34. The molecule has 1 rings (SSSR count). The zero-order valence-corrected chi connectivity index (χ0v) is 6.78. The summed E-state index contributed by atoms with van der Waals surface area (Å²) < 4.78 is 0. The molecule has 0 aliphatic rings. The van der Waals surface area contributed by atoms with Crippen LogP contribution in [0, 0.1) is 0 Å². The highest BCUT2D eigenvalue weighted by atomic mass is 16.4. The Labute approximate surface area is 73.6 Å². The van der Waals surface area contributed by atoms with Crippen LogP contribution in [0.1, 0.15) is 6.42 Å². The maximum Gasteiger partial charge on any atom is 0.305 e. The van der Waals surface area contributed by atoms with E-state index in [1.54, 1.807) is 0 Å². The van der Waals surface area contributed by atoms with Crippen LogP contribution in [-0.4, -0.2) is 27.6 Å². The van der Waals surface area contributed by atoms with Crippen LogP contribution in [-0.2, 0) is 4.79 Å². The van der Waals surface area contributed by atoms with Gasteiger partial charge in [-0.3, -0.25) is 9.59 Å². The number of rotatable bonds is 4. The van der Waals surface area contributed by atoms with Gasteiger partial charge >= 0.3 is 5.97 Å². The number of carbonyl (C=O) groups is 1. The van der Waals surface area contributed by atoms with E-state index in [4.69, 9.17) is 5.11 Å². The summed E-state index contributed by atoms with van der Waals surface area (Å²) in [6.07, 6.45) is 2.78. The lowest BCUT2D eigenvalue weighted by molar-refractivity contribution is -0.136. The number of H-pyrrole nitrogens is 1. The molecular weight excluding hydrogens is 174 g/mol. The molecule has 1 aromatic heterocycles. The van der Waals surface area contributed by atoms with Gasteiger partial charge in [-0.05, 0) is 0 Å². The van der Waals surface area contributed by atoms with Gasteiger partial charge in [0.2, 0.25) is 0 Å². The lowest BCUT2D eigenvalue weighted by Crippen LogP contribution is -2.17. The third-order valence-corrected chi connectivity index (χ3v) is 1.34. The molecule has 1 heterocycles. The van der Waals surface area contributed by atoms with Crippen LogP contribution in [0.4, 0.5) is 5.82 Å². The van der Waals surface area contributed by atoms with Gasteiger partial charge in [0, 0.05) is 18.9 Å². The van der Waals surface area contributed by atoms with Crippen LogP contribution < -0.4 is 10.9 Å². The molecule has 0 saturated heterocycles. The molecule has 0 bridgehead atoms. The van der Waals surface area contributed by atoms with E-state index in [9.17, 15) is 9.59 Å². The van der Waals surface area contributed by atoms with Crippen LogP contribution in [0.5, 0.6) is 0 Å². The molecule has 1 aromatic rings. The fourth-order valence-electron chi connectivity index (χ4n) is 0.766. The summed E-state index contributed by atoms with van der Waals surface area (Å²) >= 11 is 0. The van der Waals surface area contributed by atoms with Crippen molar-refractivity contribution < 1.29 is 9.90 Å². The van der Waals surface area contributed by atoms with Crippen LogP contribution in [0.25, 0.3) is 0 Å². The highest BCUT2D eigenvalue weighted by Gasteiger charge is 2.00. The van der Waals surface area contributed by atoms with Crippen molar-refractivity contribution in [3.05, 3.63) is 22.7 Å². The van der Waals surface area contributed by atoms with E-state index in [-0.39, 0.29) is 24.3 Å². The molecule has 0 saturated carbocycles. The quantitative estimate of drug-likeness (QED) is 0.593. The smallest absolute Gasteiger partial charge is 0.305 e. The summed E-state index contributed by atoms with van der Waals surface area (Å²) in [5.74, 6) is -0.774. The number of anilines is 1. The molecule has 0 aliphatic heterocycles. The Morgan fingerprint density at radius 3 is 3.08 bits per heavy atom. The summed E-state index contributed by atoms with van der Waals surface area (Å²) in [5, 5.41) is 10.9. The van der Waals surface area contributed by atoms with Gasteiger partial charge in [0.15, 0.2) is 5.82 Å². The number of hydrogen-bond acceptors (Lipinski definition) is 4. The van der Waals surface area contributed by atoms with Crippen LogP contribution in [0.15, 0.2) is 17.2 Å². The summed E-state index contributed by atoms with van der Waals surface area (Å²) in [5.41, 5.74) is -0.354. The van der Waals surface area contributed by atoms with Gasteiger partial charge in [-0.1, -0.05) is 0 Å². The molecular formula is C7H9N3O3. The molecule has 0 fully saturated rings. The van der Waals surface area contributed by atoms with E-state index < -0.39 is 5.97 Å². The number of aromatic amines is 1. The number of nitrogens with zero attached hydrogens (tertiary/aromatic N) is 1. The predicted octanol–water partition coefficient (Wildman–Crippen LogP) is -0.344. The third-order valence-electron chi connectivity index (χ3n) is 1.34. The minimum absolute atomic E-state index is 0.0456. The zero-order chi connectivity index (χ0) is 9.68. The first-order valence-electron chi connectivity index (χ1n) is 3.69. The SMILES string of the molecule is O=C(O)CCNc1ncc[nH]c1=O. The summed E-state index contributed by atoms with van der Waals surface area (Å²) in [6, 6.07) is 0. The lowest BCUT2D eigenvalue weighted by Gasteiger charge is -2.00. The molecule has 6 nitrogen and oxygen atoms in total. The Kier molecular flexibility index (Phi) is 3.02. The monoisotopic (exact) mass is 183 g/mol. The molecule has 0 aliphatic carbocycles. The van der Waals surface area contributed by atoms with Crippen molar-refractivity contribution in [3.8, 4) is 0 Å². The third kappa shape index (κ3) is 2.94. The van der Waals surface area contributed by atoms with E-state index in [0.717, 1.165) is 0 Å². The molecule has 0 atom stereocenters. The van der Waals surface area contributed by atoms with Crippen molar-refractivity contribution in [3.63, 3.8) is 0 Å². The van der Waals surface area contributed by atoms with Crippen LogP contribution in [0.3, 0.4) is 0 Å². The second kappa shape index (κ2) is 4.24. The molecule has 70 valence electrons. The number of hydrogen-bond donors (Lipinski definition) is 3.